The smallest absolute Gasteiger partial charge is 0.262 e. The number of nitrogens with one attached hydrogen (secondary N) is 1. The second-order valence-corrected chi connectivity index (χ2v) is 10.5. The van der Waals surface area contributed by atoms with Gasteiger partial charge in [0.05, 0.1) is 11.8 Å². The molecule has 2 aliphatic heterocycles. The molecule has 6 nitrogen and oxygen atoms in total. The highest BCUT2D eigenvalue weighted by Crippen LogP contribution is 2.39. The Morgan fingerprint density at radius 3 is 2.57 bits per heavy atom. The summed E-state index contributed by atoms with van der Waals surface area (Å²) in [5.74, 6) is -3.51. The van der Waals surface area contributed by atoms with Crippen molar-refractivity contribution < 1.29 is 22.8 Å². The quantitative estimate of drug-likeness (QED) is 0.395. The Kier molecular flexibility index (Phi) is 7.16. The predicted octanol–water partition coefficient (Wildman–Crippen LogP) is 6.04. The number of anilines is 1. The van der Waals surface area contributed by atoms with Crippen molar-refractivity contribution in [1.82, 2.24) is 5.01 Å². The van der Waals surface area contributed by atoms with Crippen LogP contribution in [0.3, 0.4) is 0 Å². The monoisotopic (exact) mass is 586 g/mol. The fourth-order valence-electron chi connectivity index (χ4n) is 4.03. The lowest BCUT2D eigenvalue weighted by molar-refractivity contribution is -0.121. The van der Waals surface area contributed by atoms with E-state index in [2.05, 4.69) is 26.2 Å². The number of hydrazone groups is 1. The van der Waals surface area contributed by atoms with Crippen LogP contribution in [0, 0.1) is 17.5 Å². The molecule has 3 aromatic carbocycles. The van der Waals surface area contributed by atoms with E-state index in [0.717, 1.165) is 45.2 Å². The maximum atomic E-state index is 13.6. The van der Waals surface area contributed by atoms with Crippen molar-refractivity contribution in [2.75, 3.05) is 5.32 Å². The molecule has 0 bridgehead atoms. The number of nitrogens with zero attached hydrogens (tertiary/aromatic N) is 3. The minimum absolute atomic E-state index is 0.0830. The summed E-state index contributed by atoms with van der Waals surface area (Å²) >= 11 is 4.57. The minimum atomic E-state index is -1.09. The van der Waals surface area contributed by atoms with Crippen molar-refractivity contribution in [2.24, 2.45) is 10.1 Å². The van der Waals surface area contributed by atoms with E-state index in [9.17, 15) is 22.8 Å². The molecule has 0 spiro atoms. The Balaban J connectivity index is 1.35. The first-order valence-electron chi connectivity index (χ1n) is 11.2. The predicted molar refractivity (Wildman–Crippen MR) is 140 cm³/mol. The van der Waals surface area contributed by atoms with Crippen LogP contribution < -0.4 is 5.32 Å². The SMILES string of the molecule is O=C(C[C@@H]1SC(N2N=C(c3cccc(Br)c3)C[C@@H]2c2ccc(F)cc2)=NC1=O)Nc1ccc(F)c(F)c1. The molecule has 3 aromatic rings. The first-order valence-corrected chi connectivity index (χ1v) is 12.9. The molecule has 0 aliphatic carbocycles. The molecule has 37 heavy (non-hydrogen) atoms. The van der Waals surface area contributed by atoms with Gasteiger partial charge < -0.3 is 5.32 Å². The van der Waals surface area contributed by atoms with Crippen LogP contribution in [-0.2, 0) is 9.59 Å². The van der Waals surface area contributed by atoms with Gasteiger partial charge in [-0.05, 0) is 47.5 Å². The molecule has 2 heterocycles. The van der Waals surface area contributed by atoms with Gasteiger partial charge in [0.2, 0.25) is 5.91 Å². The molecule has 2 amide bonds. The Hall–Kier alpha value is -3.44. The third-order valence-electron chi connectivity index (χ3n) is 5.82. The third-order valence-corrected chi connectivity index (χ3v) is 7.46. The Morgan fingerprint density at radius 2 is 1.84 bits per heavy atom. The first kappa shape index (κ1) is 25.2. The summed E-state index contributed by atoms with van der Waals surface area (Å²) in [4.78, 5) is 29.3. The van der Waals surface area contributed by atoms with E-state index >= 15 is 0 Å². The molecule has 5 rings (SSSR count). The summed E-state index contributed by atoms with van der Waals surface area (Å²) in [6.45, 7) is 0. The van der Waals surface area contributed by atoms with Gasteiger partial charge in [0.1, 0.15) is 11.1 Å². The van der Waals surface area contributed by atoms with E-state index in [0.29, 0.717) is 11.6 Å². The van der Waals surface area contributed by atoms with Gasteiger partial charge in [-0.2, -0.15) is 10.1 Å². The van der Waals surface area contributed by atoms with Crippen LogP contribution in [-0.4, -0.2) is 33.0 Å². The van der Waals surface area contributed by atoms with Crippen molar-refractivity contribution in [1.29, 1.82) is 0 Å². The highest BCUT2D eigenvalue weighted by Gasteiger charge is 2.39. The van der Waals surface area contributed by atoms with Gasteiger partial charge in [-0.25, -0.2) is 18.2 Å². The van der Waals surface area contributed by atoms with Gasteiger partial charge in [-0.3, -0.25) is 9.59 Å². The highest BCUT2D eigenvalue weighted by atomic mass is 79.9. The molecule has 11 heteroatoms. The number of amides is 2. The second-order valence-electron chi connectivity index (χ2n) is 8.39. The number of halogens is 4. The number of benzene rings is 3. The molecular weight excluding hydrogens is 569 g/mol. The van der Waals surface area contributed by atoms with Crippen LogP contribution in [0.25, 0.3) is 0 Å². The molecule has 2 atom stereocenters. The second kappa shape index (κ2) is 10.5. The molecule has 0 aromatic heterocycles. The van der Waals surface area contributed by atoms with E-state index in [1.807, 2.05) is 24.3 Å². The third kappa shape index (κ3) is 5.62. The van der Waals surface area contributed by atoms with Crippen LogP contribution in [0.2, 0.25) is 0 Å². The zero-order chi connectivity index (χ0) is 26.1. The number of thioether (sulfide) groups is 1. The topological polar surface area (TPSA) is 74.1 Å². The summed E-state index contributed by atoms with van der Waals surface area (Å²) in [7, 11) is 0. The molecule has 2 aliphatic rings. The number of hydrogen-bond acceptors (Lipinski definition) is 5. The fourth-order valence-corrected chi connectivity index (χ4v) is 5.49. The van der Waals surface area contributed by atoms with Gasteiger partial charge in [0, 0.05) is 29.1 Å². The Labute approximate surface area is 222 Å². The number of rotatable bonds is 5. The van der Waals surface area contributed by atoms with E-state index in [1.54, 1.807) is 17.1 Å². The standard InChI is InChI=1S/C26H18BrF3N4O2S/c27-16-3-1-2-15(10-16)21-12-22(14-4-6-17(28)7-5-14)34(33-21)26-32-25(36)23(37-26)13-24(35)31-18-8-9-19(29)20(30)11-18/h1-11,22-23H,12-13H2,(H,31,35)/t22-,23+/m1/s1. The molecule has 188 valence electrons. The van der Waals surface area contributed by atoms with Crippen molar-refractivity contribution in [2.45, 2.75) is 24.1 Å². The van der Waals surface area contributed by atoms with E-state index in [-0.39, 0.29) is 24.0 Å². The highest BCUT2D eigenvalue weighted by molar-refractivity contribution is 9.10. The van der Waals surface area contributed by atoms with Gasteiger partial charge in [-0.1, -0.05) is 52.0 Å². The summed E-state index contributed by atoms with van der Waals surface area (Å²) < 4.78 is 41.1. The molecule has 0 saturated carbocycles. The van der Waals surface area contributed by atoms with Crippen LogP contribution in [0.1, 0.15) is 30.0 Å². The van der Waals surface area contributed by atoms with Crippen molar-refractivity contribution >= 4 is 56.1 Å². The lowest BCUT2D eigenvalue weighted by Crippen LogP contribution is -2.25. The van der Waals surface area contributed by atoms with Crippen molar-refractivity contribution in [3.63, 3.8) is 0 Å². The van der Waals surface area contributed by atoms with Gasteiger partial charge in [0.25, 0.3) is 5.91 Å². The fraction of sp³-hybridized carbons (Fsp3) is 0.154. The Bertz CT molecular complexity index is 1450. The lowest BCUT2D eigenvalue weighted by atomic mass is 9.98. The maximum Gasteiger partial charge on any atom is 0.262 e. The zero-order valence-corrected chi connectivity index (χ0v) is 21.4. The molecular formula is C26H18BrF3N4O2S. The number of carbonyl (C=O) groups excluding carboxylic acids is 2. The molecule has 0 fully saturated rings. The Morgan fingerprint density at radius 1 is 1.05 bits per heavy atom. The van der Waals surface area contributed by atoms with E-state index in [4.69, 9.17) is 5.10 Å². The number of hydrogen-bond donors (Lipinski definition) is 1. The van der Waals surface area contributed by atoms with Crippen LogP contribution in [0.5, 0.6) is 0 Å². The van der Waals surface area contributed by atoms with Gasteiger partial charge in [0.15, 0.2) is 16.8 Å². The normalized spacial score (nSPS) is 19.1. The van der Waals surface area contributed by atoms with E-state index < -0.39 is 28.7 Å². The van der Waals surface area contributed by atoms with E-state index in [1.165, 1.54) is 18.2 Å². The number of aliphatic imine (C=N–C) groups is 1. The molecule has 1 N–H and O–H groups in total. The maximum absolute atomic E-state index is 13.6. The summed E-state index contributed by atoms with van der Waals surface area (Å²) in [5.41, 5.74) is 2.54. The molecule has 0 radical (unpaired) electrons. The molecule has 0 saturated heterocycles. The van der Waals surface area contributed by atoms with Gasteiger partial charge >= 0.3 is 0 Å². The zero-order valence-electron chi connectivity index (χ0n) is 19.0. The average Bonchev–Trinajstić information content (AvgIpc) is 3.46. The van der Waals surface area contributed by atoms with Crippen LogP contribution in [0.15, 0.2) is 81.3 Å². The van der Waals surface area contributed by atoms with Crippen LogP contribution >= 0.6 is 27.7 Å². The largest absolute Gasteiger partial charge is 0.326 e. The number of carbonyl (C=O) groups is 2. The van der Waals surface area contributed by atoms with Crippen LogP contribution in [0.4, 0.5) is 18.9 Å². The average molecular weight is 587 g/mol. The number of amidine groups is 1. The van der Waals surface area contributed by atoms with Gasteiger partial charge in [-0.15, -0.1) is 0 Å². The summed E-state index contributed by atoms with van der Waals surface area (Å²) in [6.07, 6.45) is 0.282. The lowest BCUT2D eigenvalue weighted by Gasteiger charge is -2.23. The summed E-state index contributed by atoms with van der Waals surface area (Å²) in [6, 6.07) is 16.4. The van der Waals surface area contributed by atoms with Crippen molar-refractivity contribution in [3.8, 4) is 0 Å². The summed E-state index contributed by atoms with van der Waals surface area (Å²) in [5, 5.41) is 8.38. The first-order chi connectivity index (χ1) is 17.8. The minimum Gasteiger partial charge on any atom is -0.326 e. The molecule has 0 unspecified atom stereocenters. The van der Waals surface area contributed by atoms with Crippen molar-refractivity contribution in [3.05, 3.63) is 99.8 Å².